The van der Waals surface area contributed by atoms with Crippen molar-refractivity contribution >= 4 is 16.0 Å². The van der Waals surface area contributed by atoms with Gasteiger partial charge in [-0.1, -0.05) is 19.1 Å². The second-order valence-electron chi connectivity index (χ2n) is 3.74. The zero-order valence-electron chi connectivity index (χ0n) is 9.67. The number of sulfonamides is 1. The lowest BCUT2D eigenvalue weighted by atomic mass is 10.2. The molecule has 94 valence electrons. The molecule has 0 saturated carbocycles. The Labute approximate surface area is 101 Å². The monoisotopic (exact) mass is 257 g/mol. The standard InChI is InChI=1S/C11H15NO4S/c1-3-10(11(13)14)12-17(15,16)9-6-4-5-8(2)7-9/h4-7,10,12H,3H2,1-2H3,(H,13,14). The zero-order valence-corrected chi connectivity index (χ0v) is 10.5. The molecular weight excluding hydrogens is 242 g/mol. The number of carboxylic acids is 1. The van der Waals surface area contributed by atoms with Crippen molar-refractivity contribution in [3.8, 4) is 0 Å². The highest BCUT2D eigenvalue weighted by atomic mass is 32.2. The first-order valence-electron chi connectivity index (χ1n) is 5.18. The van der Waals surface area contributed by atoms with Crippen molar-refractivity contribution in [2.75, 3.05) is 0 Å². The van der Waals surface area contributed by atoms with Crippen LogP contribution >= 0.6 is 0 Å². The Morgan fingerprint density at radius 2 is 2.12 bits per heavy atom. The van der Waals surface area contributed by atoms with Crippen LogP contribution in [0.3, 0.4) is 0 Å². The minimum absolute atomic E-state index is 0.0807. The predicted molar refractivity (Wildman–Crippen MR) is 63.2 cm³/mol. The molecule has 2 N–H and O–H groups in total. The molecule has 1 rings (SSSR count). The van der Waals surface area contributed by atoms with Crippen molar-refractivity contribution < 1.29 is 18.3 Å². The van der Waals surface area contributed by atoms with Crippen LogP contribution in [0.15, 0.2) is 29.2 Å². The van der Waals surface area contributed by atoms with Crippen LogP contribution in [0.25, 0.3) is 0 Å². The Morgan fingerprint density at radius 3 is 2.59 bits per heavy atom. The van der Waals surface area contributed by atoms with E-state index in [2.05, 4.69) is 4.72 Å². The summed E-state index contributed by atoms with van der Waals surface area (Å²) in [4.78, 5) is 10.9. The predicted octanol–water partition coefficient (Wildman–Crippen LogP) is 1.14. The number of carbonyl (C=O) groups is 1. The average Bonchev–Trinajstić information content (AvgIpc) is 2.25. The van der Waals surface area contributed by atoms with Gasteiger partial charge in [0.25, 0.3) is 0 Å². The van der Waals surface area contributed by atoms with Crippen molar-refractivity contribution in [3.05, 3.63) is 29.8 Å². The fraction of sp³-hybridized carbons (Fsp3) is 0.364. The fourth-order valence-electron chi connectivity index (χ4n) is 1.35. The van der Waals surface area contributed by atoms with Gasteiger partial charge < -0.3 is 5.11 Å². The summed E-state index contributed by atoms with van der Waals surface area (Å²) in [5, 5.41) is 8.81. The van der Waals surface area contributed by atoms with Crippen LogP contribution in [0.2, 0.25) is 0 Å². The Morgan fingerprint density at radius 1 is 1.47 bits per heavy atom. The van der Waals surface area contributed by atoms with E-state index in [1.54, 1.807) is 26.0 Å². The van der Waals surface area contributed by atoms with Gasteiger partial charge in [0.2, 0.25) is 10.0 Å². The van der Waals surface area contributed by atoms with Crippen LogP contribution in [0, 0.1) is 6.92 Å². The molecule has 0 fully saturated rings. The van der Waals surface area contributed by atoms with Gasteiger partial charge >= 0.3 is 5.97 Å². The molecule has 17 heavy (non-hydrogen) atoms. The van der Waals surface area contributed by atoms with Crippen LogP contribution in [0.4, 0.5) is 0 Å². The van der Waals surface area contributed by atoms with Gasteiger partial charge in [0.05, 0.1) is 4.90 Å². The molecule has 5 nitrogen and oxygen atoms in total. The molecular formula is C11H15NO4S. The molecule has 0 aromatic heterocycles. The lowest BCUT2D eigenvalue weighted by molar-refractivity contribution is -0.139. The molecule has 6 heteroatoms. The number of aryl methyl sites for hydroxylation is 1. The number of aliphatic carboxylic acids is 1. The summed E-state index contributed by atoms with van der Waals surface area (Å²) in [5.74, 6) is -1.18. The van der Waals surface area contributed by atoms with Gasteiger partial charge in [0, 0.05) is 0 Å². The quantitative estimate of drug-likeness (QED) is 0.828. The number of carboxylic acid groups (broad SMARTS) is 1. The molecule has 1 aromatic rings. The van der Waals surface area contributed by atoms with E-state index < -0.39 is 22.0 Å². The van der Waals surface area contributed by atoms with Gasteiger partial charge in [-0.3, -0.25) is 4.79 Å². The van der Waals surface area contributed by atoms with Gasteiger partial charge in [-0.15, -0.1) is 0 Å². The molecule has 0 saturated heterocycles. The first kappa shape index (κ1) is 13.7. The number of nitrogens with one attached hydrogen (secondary N) is 1. The van der Waals surface area contributed by atoms with Gasteiger partial charge in [-0.05, 0) is 31.0 Å². The first-order chi connectivity index (χ1) is 7.86. The second kappa shape index (κ2) is 5.29. The SMILES string of the molecule is CCC(NS(=O)(=O)c1cccc(C)c1)C(=O)O. The Hall–Kier alpha value is -1.40. The van der Waals surface area contributed by atoms with Gasteiger partial charge in [-0.25, -0.2) is 8.42 Å². The largest absolute Gasteiger partial charge is 0.480 e. The minimum atomic E-state index is -3.77. The summed E-state index contributed by atoms with van der Waals surface area (Å²) in [6.07, 6.45) is 0.195. The lowest BCUT2D eigenvalue weighted by Crippen LogP contribution is -2.40. The third-order valence-electron chi connectivity index (χ3n) is 2.30. The molecule has 0 heterocycles. The van der Waals surface area contributed by atoms with Crippen molar-refractivity contribution in [1.82, 2.24) is 4.72 Å². The van der Waals surface area contributed by atoms with Gasteiger partial charge in [0.15, 0.2) is 0 Å². The van der Waals surface area contributed by atoms with Crippen molar-refractivity contribution in [1.29, 1.82) is 0 Å². The zero-order chi connectivity index (χ0) is 13.1. The molecule has 0 amide bonds. The number of benzene rings is 1. The summed E-state index contributed by atoms with van der Waals surface area (Å²) in [6.45, 7) is 3.38. The second-order valence-corrected chi connectivity index (χ2v) is 5.45. The maximum atomic E-state index is 11.9. The highest BCUT2D eigenvalue weighted by molar-refractivity contribution is 7.89. The maximum absolute atomic E-state index is 11.9. The molecule has 1 aromatic carbocycles. The van der Waals surface area contributed by atoms with Crippen LogP contribution in [0.5, 0.6) is 0 Å². The van der Waals surface area contributed by atoms with E-state index in [-0.39, 0.29) is 11.3 Å². The molecule has 0 aliphatic rings. The number of rotatable bonds is 5. The summed E-state index contributed by atoms with van der Waals surface area (Å²) < 4.78 is 25.9. The van der Waals surface area contributed by atoms with E-state index in [1.807, 2.05) is 0 Å². The van der Waals surface area contributed by atoms with E-state index in [4.69, 9.17) is 5.11 Å². The van der Waals surface area contributed by atoms with E-state index in [0.717, 1.165) is 5.56 Å². The molecule has 0 spiro atoms. The van der Waals surface area contributed by atoms with Crippen LogP contribution in [-0.2, 0) is 14.8 Å². The van der Waals surface area contributed by atoms with E-state index in [1.165, 1.54) is 12.1 Å². The van der Waals surface area contributed by atoms with Crippen molar-refractivity contribution in [3.63, 3.8) is 0 Å². The summed E-state index contributed by atoms with van der Waals surface area (Å²) in [6, 6.07) is 5.22. The average molecular weight is 257 g/mol. The van der Waals surface area contributed by atoms with E-state index in [0.29, 0.717) is 0 Å². The van der Waals surface area contributed by atoms with Crippen LogP contribution in [-0.4, -0.2) is 25.5 Å². The van der Waals surface area contributed by atoms with Crippen LogP contribution in [0.1, 0.15) is 18.9 Å². The Kier molecular flexibility index (Phi) is 4.25. The topological polar surface area (TPSA) is 83.5 Å². The molecule has 1 unspecified atom stereocenters. The lowest BCUT2D eigenvalue weighted by Gasteiger charge is -2.12. The third kappa shape index (κ3) is 3.54. The van der Waals surface area contributed by atoms with Gasteiger partial charge in [0.1, 0.15) is 6.04 Å². The first-order valence-corrected chi connectivity index (χ1v) is 6.67. The van der Waals surface area contributed by atoms with E-state index >= 15 is 0 Å². The Balaban J connectivity index is 3.00. The minimum Gasteiger partial charge on any atom is -0.480 e. The number of hydrogen-bond acceptors (Lipinski definition) is 3. The normalized spacial score (nSPS) is 13.3. The summed E-state index contributed by atoms with van der Waals surface area (Å²) >= 11 is 0. The highest BCUT2D eigenvalue weighted by Crippen LogP contribution is 2.11. The van der Waals surface area contributed by atoms with Crippen molar-refractivity contribution in [2.24, 2.45) is 0 Å². The van der Waals surface area contributed by atoms with Crippen LogP contribution < -0.4 is 4.72 Å². The van der Waals surface area contributed by atoms with Crippen molar-refractivity contribution in [2.45, 2.75) is 31.2 Å². The fourth-order valence-corrected chi connectivity index (χ4v) is 2.72. The Bertz CT molecular complexity index is 510. The summed E-state index contributed by atoms with van der Waals surface area (Å²) in [5.41, 5.74) is 0.802. The molecule has 0 aliphatic heterocycles. The number of hydrogen-bond donors (Lipinski definition) is 2. The van der Waals surface area contributed by atoms with Gasteiger partial charge in [-0.2, -0.15) is 4.72 Å². The third-order valence-corrected chi connectivity index (χ3v) is 3.77. The summed E-state index contributed by atoms with van der Waals surface area (Å²) in [7, 11) is -3.77. The van der Waals surface area contributed by atoms with E-state index in [9.17, 15) is 13.2 Å². The maximum Gasteiger partial charge on any atom is 0.321 e. The smallest absolute Gasteiger partial charge is 0.321 e. The highest BCUT2D eigenvalue weighted by Gasteiger charge is 2.23. The molecule has 1 atom stereocenters. The molecule has 0 bridgehead atoms. The molecule has 0 radical (unpaired) electrons. The molecule has 0 aliphatic carbocycles.